The maximum atomic E-state index is 12.1. The molecule has 5 rings (SSSR count). The average Bonchev–Trinajstić information content (AvgIpc) is 3.49. The third-order valence-electron chi connectivity index (χ3n) is 6.00. The van der Waals surface area contributed by atoms with Crippen LogP contribution in [0.3, 0.4) is 0 Å². The van der Waals surface area contributed by atoms with Crippen LogP contribution in [-0.2, 0) is 35.5 Å². The summed E-state index contributed by atoms with van der Waals surface area (Å²) in [6.07, 6.45) is 2.92. The highest BCUT2D eigenvalue weighted by molar-refractivity contribution is 6.31. The summed E-state index contributed by atoms with van der Waals surface area (Å²) in [6, 6.07) is 3.80. The van der Waals surface area contributed by atoms with E-state index in [9.17, 15) is 4.79 Å². The number of hydrogen-bond donors (Lipinski definition) is 1. The molecule has 3 aliphatic rings. The molecule has 0 aliphatic carbocycles. The fraction of sp³-hybridized carbons (Fsp3) is 0.571. The third-order valence-corrected chi connectivity index (χ3v) is 6.35. The Balaban J connectivity index is 1.17. The number of aromatic nitrogens is 3. The normalized spacial score (nSPS) is 20.5. The van der Waals surface area contributed by atoms with Crippen LogP contribution in [0.25, 0.3) is 0 Å². The van der Waals surface area contributed by atoms with Crippen LogP contribution in [0.15, 0.2) is 12.1 Å². The molecule has 1 saturated heterocycles. The number of benzene rings is 1. The van der Waals surface area contributed by atoms with Crippen molar-refractivity contribution in [3.63, 3.8) is 0 Å². The number of nitrogens with one attached hydrogen (secondary N) is 1. The molecule has 0 unspecified atom stereocenters. The van der Waals surface area contributed by atoms with Crippen LogP contribution in [0.4, 0.5) is 0 Å². The zero-order valence-electron chi connectivity index (χ0n) is 17.3. The highest BCUT2D eigenvalue weighted by atomic mass is 35.5. The van der Waals surface area contributed by atoms with E-state index in [1.807, 2.05) is 12.1 Å². The number of hydrogen-bond acceptors (Lipinski definition) is 7. The van der Waals surface area contributed by atoms with Crippen molar-refractivity contribution in [2.45, 2.75) is 44.9 Å². The van der Waals surface area contributed by atoms with Gasteiger partial charge in [0.05, 0.1) is 0 Å². The molecule has 4 heterocycles. The van der Waals surface area contributed by atoms with Gasteiger partial charge in [0.2, 0.25) is 12.7 Å². The van der Waals surface area contributed by atoms with Crippen molar-refractivity contribution in [1.29, 1.82) is 0 Å². The van der Waals surface area contributed by atoms with Crippen LogP contribution in [0.2, 0.25) is 5.02 Å². The Bertz CT molecular complexity index is 959. The molecule has 166 valence electrons. The fourth-order valence-electron chi connectivity index (χ4n) is 4.29. The van der Waals surface area contributed by atoms with Gasteiger partial charge in [-0.05, 0) is 24.5 Å². The maximum absolute atomic E-state index is 12.1. The topological polar surface area (TPSA) is 90.7 Å². The van der Waals surface area contributed by atoms with Crippen LogP contribution < -0.4 is 14.8 Å². The molecule has 31 heavy (non-hydrogen) atoms. The van der Waals surface area contributed by atoms with E-state index in [1.165, 1.54) is 0 Å². The summed E-state index contributed by atoms with van der Waals surface area (Å²) in [5, 5.41) is 12.4. The quantitative estimate of drug-likeness (QED) is 0.718. The summed E-state index contributed by atoms with van der Waals surface area (Å²) < 4.78 is 18.5. The summed E-state index contributed by atoms with van der Waals surface area (Å²) in [5.41, 5.74) is 1.03. The van der Waals surface area contributed by atoms with Crippen LogP contribution in [0.1, 0.15) is 30.1 Å². The Kier molecular flexibility index (Phi) is 5.97. The van der Waals surface area contributed by atoms with Crippen molar-refractivity contribution in [1.82, 2.24) is 25.0 Å². The van der Waals surface area contributed by atoms with Gasteiger partial charge in [-0.2, -0.15) is 0 Å². The molecule has 0 radical (unpaired) electrons. The molecular formula is C21H26ClN5O4. The highest BCUT2D eigenvalue weighted by Crippen LogP contribution is 2.37. The van der Waals surface area contributed by atoms with E-state index in [0.717, 1.165) is 68.4 Å². The molecule has 1 amide bonds. The molecule has 0 spiro atoms. The molecule has 1 atom stereocenters. The third kappa shape index (κ3) is 4.49. The van der Waals surface area contributed by atoms with E-state index in [2.05, 4.69) is 25.0 Å². The van der Waals surface area contributed by atoms with Gasteiger partial charge in [0, 0.05) is 63.3 Å². The highest BCUT2D eigenvalue weighted by Gasteiger charge is 2.24. The number of nitrogens with zero attached hydrogens (tertiary/aromatic N) is 4. The smallest absolute Gasteiger partial charge is 0.249 e. The predicted octanol–water partition coefficient (Wildman–Crippen LogP) is 1.56. The Labute approximate surface area is 185 Å². The van der Waals surface area contributed by atoms with E-state index >= 15 is 0 Å². The summed E-state index contributed by atoms with van der Waals surface area (Å²) in [4.78, 5) is 14.5. The monoisotopic (exact) mass is 447 g/mol. The van der Waals surface area contributed by atoms with Gasteiger partial charge >= 0.3 is 0 Å². The number of ether oxygens (including phenoxy) is 3. The van der Waals surface area contributed by atoms with E-state index in [4.69, 9.17) is 25.8 Å². The van der Waals surface area contributed by atoms with Gasteiger partial charge in [-0.25, -0.2) is 0 Å². The average molecular weight is 448 g/mol. The van der Waals surface area contributed by atoms with Crippen LogP contribution in [0.5, 0.6) is 11.5 Å². The lowest BCUT2D eigenvalue weighted by molar-refractivity contribution is -0.130. The summed E-state index contributed by atoms with van der Waals surface area (Å²) in [7, 11) is 0. The van der Waals surface area contributed by atoms with Gasteiger partial charge in [-0.3, -0.25) is 9.69 Å². The second-order valence-electron chi connectivity index (χ2n) is 8.05. The number of halogens is 1. The Hall–Kier alpha value is -2.36. The minimum absolute atomic E-state index is 0.0279. The molecule has 1 fully saturated rings. The van der Waals surface area contributed by atoms with E-state index in [1.54, 1.807) is 0 Å². The van der Waals surface area contributed by atoms with E-state index in [-0.39, 0.29) is 18.8 Å². The first kappa shape index (κ1) is 20.5. The van der Waals surface area contributed by atoms with Crippen LogP contribution in [0, 0.1) is 0 Å². The zero-order valence-corrected chi connectivity index (χ0v) is 18.1. The number of carbonyl (C=O) groups excluding carboxylic acids is 1. The maximum Gasteiger partial charge on any atom is 0.249 e. The lowest BCUT2D eigenvalue weighted by Gasteiger charge is -2.20. The Morgan fingerprint density at radius 2 is 2.06 bits per heavy atom. The van der Waals surface area contributed by atoms with Gasteiger partial charge < -0.3 is 24.1 Å². The Morgan fingerprint density at radius 1 is 1.19 bits per heavy atom. The van der Waals surface area contributed by atoms with Crippen molar-refractivity contribution in [2.24, 2.45) is 0 Å². The minimum Gasteiger partial charge on any atom is -0.454 e. The minimum atomic E-state index is -0.299. The molecule has 1 aromatic carbocycles. The number of carbonyl (C=O) groups is 1. The first-order chi connectivity index (χ1) is 15.2. The molecular weight excluding hydrogens is 422 g/mol. The van der Waals surface area contributed by atoms with Gasteiger partial charge in [0.1, 0.15) is 17.8 Å². The number of fused-ring (bicyclic) bond motifs is 2. The van der Waals surface area contributed by atoms with Gasteiger partial charge in [-0.1, -0.05) is 11.6 Å². The molecule has 9 nitrogen and oxygen atoms in total. The molecule has 10 heteroatoms. The zero-order chi connectivity index (χ0) is 21.2. The summed E-state index contributed by atoms with van der Waals surface area (Å²) in [5.74, 6) is 3.32. The van der Waals surface area contributed by atoms with Gasteiger partial charge in [-0.15, -0.1) is 10.2 Å². The van der Waals surface area contributed by atoms with Crippen LogP contribution >= 0.6 is 11.6 Å². The van der Waals surface area contributed by atoms with E-state index < -0.39 is 0 Å². The van der Waals surface area contributed by atoms with Crippen LogP contribution in [-0.4, -0.2) is 64.7 Å². The van der Waals surface area contributed by atoms with Crippen molar-refractivity contribution >= 4 is 17.5 Å². The molecule has 0 bridgehead atoms. The Morgan fingerprint density at radius 3 is 2.90 bits per heavy atom. The SMILES string of the molecule is O=C(NCCc1nnc2n1CCN(Cc1cc3c(cc1Cl)OCO3)CC2)[C@H]1CCCO1. The van der Waals surface area contributed by atoms with Gasteiger partial charge in [0.25, 0.3) is 0 Å². The lowest BCUT2D eigenvalue weighted by atomic mass is 10.2. The molecule has 2 aromatic rings. The first-order valence-electron chi connectivity index (χ1n) is 10.8. The summed E-state index contributed by atoms with van der Waals surface area (Å²) in [6.45, 7) is 4.73. The van der Waals surface area contributed by atoms with Crippen molar-refractivity contribution in [3.8, 4) is 11.5 Å². The lowest BCUT2D eigenvalue weighted by Crippen LogP contribution is -2.35. The first-order valence-corrected chi connectivity index (χ1v) is 11.2. The van der Waals surface area contributed by atoms with Crippen molar-refractivity contribution < 1.29 is 19.0 Å². The fourth-order valence-corrected chi connectivity index (χ4v) is 4.50. The largest absolute Gasteiger partial charge is 0.454 e. The molecule has 0 saturated carbocycles. The van der Waals surface area contributed by atoms with Crippen molar-refractivity contribution in [3.05, 3.63) is 34.4 Å². The predicted molar refractivity (Wildman–Crippen MR) is 112 cm³/mol. The molecule has 3 aliphatic heterocycles. The molecule has 1 aromatic heterocycles. The van der Waals surface area contributed by atoms with Gasteiger partial charge in [0.15, 0.2) is 11.5 Å². The standard InChI is InChI=1S/C21H26ClN5O4/c22-15-11-18-17(30-13-31-18)10-14(15)12-26-6-4-20-25-24-19(27(20)8-7-26)3-5-23-21(28)16-2-1-9-29-16/h10-11,16H,1-9,12-13H2,(H,23,28)/t16-/m1/s1. The molecule has 1 N–H and O–H groups in total. The summed E-state index contributed by atoms with van der Waals surface area (Å²) >= 11 is 6.46. The van der Waals surface area contributed by atoms with Crippen molar-refractivity contribution in [2.75, 3.05) is 33.0 Å². The second-order valence-corrected chi connectivity index (χ2v) is 8.46. The second kappa shape index (κ2) is 9.02. The van der Waals surface area contributed by atoms with E-state index in [0.29, 0.717) is 30.3 Å². The number of amides is 1. The number of rotatable bonds is 6.